The molecule has 0 atom stereocenters. The number of para-hydroxylation sites is 1. The van der Waals surface area contributed by atoms with Gasteiger partial charge in [-0.3, -0.25) is 0 Å². The molecule has 1 aliphatic rings. The Morgan fingerprint density at radius 2 is 1.66 bits per heavy atom. The Morgan fingerprint density at radius 3 is 2.28 bits per heavy atom. The van der Waals surface area contributed by atoms with E-state index < -0.39 is 29.7 Å². The van der Waals surface area contributed by atoms with Gasteiger partial charge in [-0.05, 0) is 44.1 Å². The molecule has 1 saturated carbocycles. The quantitative estimate of drug-likeness (QED) is 0.540. The number of alkyl halides is 6. The van der Waals surface area contributed by atoms with Crippen LogP contribution in [0.4, 0.5) is 38.1 Å². The van der Waals surface area contributed by atoms with E-state index in [4.69, 9.17) is 11.5 Å². The first-order valence-electron chi connectivity index (χ1n) is 9.99. The number of hydrogen-bond acceptors (Lipinski definition) is 6. The van der Waals surface area contributed by atoms with E-state index >= 15 is 0 Å². The third-order valence-electron chi connectivity index (χ3n) is 5.30. The van der Waals surface area contributed by atoms with Crippen LogP contribution in [0.15, 0.2) is 24.3 Å². The van der Waals surface area contributed by atoms with Gasteiger partial charge in [0.05, 0.1) is 5.69 Å². The first-order valence-corrected chi connectivity index (χ1v) is 9.99. The van der Waals surface area contributed by atoms with Crippen molar-refractivity contribution in [1.29, 1.82) is 0 Å². The molecule has 5 N–H and O–H groups in total. The van der Waals surface area contributed by atoms with Gasteiger partial charge in [-0.25, -0.2) is 4.98 Å². The van der Waals surface area contributed by atoms with E-state index in [1.165, 1.54) is 18.2 Å². The fraction of sp³-hybridized carbons (Fsp3) is 0.500. The molecule has 0 radical (unpaired) electrons. The highest BCUT2D eigenvalue weighted by Gasteiger charge is 2.39. The number of anilines is 2. The van der Waals surface area contributed by atoms with Crippen LogP contribution >= 0.6 is 0 Å². The van der Waals surface area contributed by atoms with Crippen molar-refractivity contribution in [3.8, 4) is 5.75 Å². The molecule has 1 aromatic carbocycles. The van der Waals surface area contributed by atoms with E-state index in [9.17, 15) is 26.3 Å². The van der Waals surface area contributed by atoms with E-state index in [2.05, 4.69) is 20.0 Å². The lowest BCUT2D eigenvalue weighted by atomic mass is 9.83. The van der Waals surface area contributed by atoms with Gasteiger partial charge in [0, 0.05) is 18.2 Å². The van der Waals surface area contributed by atoms with E-state index in [1.54, 1.807) is 0 Å². The number of ether oxygens (including phenoxy) is 1. The van der Waals surface area contributed by atoms with Gasteiger partial charge in [0.1, 0.15) is 17.1 Å². The molecule has 1 aliphatic carbocycles. The summed E-state index contributed by atoms with van der Waals surface area (Å²) in [6.07, 6.45) is -6.80. The highest BCUT2D eigenvalue weighted by Crippen LogP contribution is 2.38. The van der Waals surface area contributed by atoms with E-state index in [-0.39, 0.29) is 42.1 Å². The summed E-state index contributed by atoms with van der Waals surface area (Å²) in [7, 11) is 0. The van der Waals surface area contributed by atoms with Gasteiger partial charge in [-0.1, -0.05) is 18.2 Å². The Balaban J connectivity index is 1.83. The summed E-state index contributed by atoms with van der Waals surface area (Å²) < 4.78 is 82.5. The predicted octanol–water partition coefficient (Wildman–Crippen LogP) is 4.65. The molecule has 0 unspecified atom stereocenters. The van der Waals surface area contributed by atoms with Gasteiger partial charge in [-0.2, -0.15) is 18.2 Å². The second kappa shape index (κ2) is 9.39. The monoisotopic (exact) mass is 463 g/mol. The number of aromatic nitrogens is 2. The van der Waals surface area contributed by atoms with E-state index in [0.717, 1.165) is 6.07 Å². The van der Waals surface area contributed by atoms with Crippen molar-refractivity contribution in [3.05, 3.63) is 41.1 Å². The van der Waals surface area contributed by atoms with Crippen LogP contribution < -0.4 is 21.5 Å². The minimum atomic E-state index is -4.89. The van der Waals surface area contributed by atoms with Crippen LogP contribution in [0.3, 0.4) is 0 Å². The highest BCUT2D eigenvalue weighted by molar-refractivity contribution is 5.49. The van der Waals surface area contributed by atoms with E-state index in [0.29, 0.717) is 25.7 Å². The topological polar surface area (TPSA) is 99.1 Å². The number of nitrogens with two attached hydrogens (primary N) is 2. The van der Waals surface area contributed by atoms with Crippen LogP contribution in [0.2, 0.25) is 0 Å². The maximum absolute atomic E-state index is 13.6. The summed E-state index contributed by atoms with van der Waals surface area (Å²) in [5.41, 5.74) is 10.3. The van der Waals surface area contributed by atoms with Crippen molar-refractivity contribution in [2.75, 3.05) is 11.1 Å². The standard InChI is InChI=1S/C20H23F6N5O/c21-19(22,23)16-14(9-11-5-7-13(27)8-6-11)30-18(31-17(16)28)29-10-12-3-1-2-4-15(12)32-20(24,25)26/h1-4,11,13H,5-10,27H2,(H3,28,29,30,31). The van der Waals surface area contributed by atoms with Crippen molar-refractivity contribution in [1.82, 2.24) is 9.97 Å². The largest absolute Gasteiger partial charge is 0.573 e. The third-order valence-corrected chi connectivity index (χ3v) is 5.30. The molecule has 0 spiro atoms. The lowest BCUT2D eigenvalue weighted by Gasteiger charge is -2.27. The maximum Gasteiger partial charge on any atom is 0.573 e. The normalized spacial score (nSPS) is 19.6. The second-order valence-electron chi connectivity index (χ2n) is 7.75. The Hall–Kier alpha value is -2.76. The molecule has 2 aromatic rings. The fourth-order valence-electron chi connectivity index (χ4n) is 3.78. The number of nitrogen functional groups attached to an aromatic ring is 1. The predicted molar refractivity (Wildman–Crippen MR) is 106 cm³/mol. The van der Waals surface area contributed by atoms with E-state index in [1.807, 2.05) is 0 Å². The summed E-state index contributed by atoms with van der Waals surface area (Å²) in [6.45, 7) is -0.214. The van der Waals surface area contributed by atoms with Crippen molar-refractivity contribution in [2.45, 2.75) is 57.2 Å². The Bertz CT molecular complexity index is 926. The van der Waals surface area contributed by atoms with Gasteiger partial charge in [0.2, 0.25) is 5.95 Å². The Labute approximate surface area is 180 Å². The van der Waals surface area contributed by atoms with Crippen molar-refractivity contribution in [3.63, 3.8) is 0 Å². The van der Waals surface area contributed by atoms with Gasteiger partial charge < -0.3 is 21.5 Å². The average molecular weight is 463 g/mol. The lowest BCUT2D eigenvalue weighted by Crippen LogP contribution is -2.28. The number of nitrogens with zero attached hydrogens (tertiary/aromatic N) is 2. The number of halogens is 6. The summed E-state index contributed by atoms with van der Waals surface area (Å²) in [6, 6.07) is 5.42. The number of hydrogen-bond donors (Lipinski definition) is 3. The molecule has 1 fully saturated rings. The lowest BCUT2D eigenvalue weighted by molar-refractivity contribution is -0.274. The molecule has 1 heterocycles. The van der Waals surface area contributed by atoms with Crippen LogP contribution in [0.5, 0.6) is 5.75 Å². The molecule has 32 heavy (non-hydrogen) atoms. The molecule has 0 amide bonds. The molecular formula is C20H23F6N5O. The molecule has 3 rings (SSSR count). The average Bonchev–Trinajstić information content (AvgIpc) is 2.66. The molecule has 12 heteroatoms. The van der Waals surface area contributed by atoms with Crippen LogP contribution in [0.1, 0.15) is 42.5 Å². The van der Waals surface area contributed by atoms with Crippen LogP contribution in [0, 0.1) is 5.92 Å². The molecule has 0 aliphatic heterocycles. The molecule has 1 aromatic heterocycles. The summed E-state index contributed by atoms with van der Waals surface area (Å²) in [5, 5.41) is 2.65. The van der Waals surface area contributed by atoms with Crippen molar-refractivity contribution in [2.24, 2.45) is 11.7 Å². The molecule has 0 saturated heterocycles. The summed E-state index contributed by atoms with van der Waals surface area (Å²) in [5.74, 6) is -1.41. The molecule has 6 nitrogen and oxygen atoms in total. The molecular weight excluding hydrogens is 440 g/mol. The van der Waals surface area contributed by atoms with Gasteiger partial charge in [0.25, 0.3) is 0 Å². The smallest absolute Gasteiger partial charge is 0.405 e. The maximum atomic E-state index is 13.6. The van der Waals surface area contributed by atoms with Gasteiger partial charge >= 0.3 is 12.5 Å². The second-order valence-corrected chi connectivity index (χ2v) is 7.75. The third kappa shape index (κ3) is 6.38. The van der Waals surface area contributed by atoms with Crippen LogP contribution in [0.25, 0.3) is 0 Å². The first kappa shape index (κ1) is 23.9. The Kier molecular flexibility index (Phi) is 7.01. The fourth-order valence-corrected chi connectivity index (χ4v) is 3.78. The molecule has 0 bridgehead atoms. The zero-order valence-electron chi connectivity index (χ0n) is 16.9. The minimum absolute atomic E-state index is 0.0287. The van der Waals surface area contributed by atoms with Gasteiger partial charge in [-0.15, -0.1) is 13.2 Å². The van der Waals surface area contributed by atoms with Crippen molar-refractivity contribution >= 4 is 11.8 Å². The first-order chi connectivity index (χ1) is 14.9. The van der Waals surface area contributed by atoms with Crippen molar-refractivity contribution < 1.29 is 31.1 Å². The Morgan fingerprint density at radius 1 is 1.00 bits per heavy atom. The zero-order chi connectivity index (χ0) is 23.5. The van der Waals surface area contributed by atoms with Gasteiger partial charge in [0.15, 0.2) is 0 Å². The number of benzene rings is 1. The summed E-state index contributed by atoms with van der Waals surface area (Å²) >= 11 is 0. The van der Waals surface area contributed by atoms with Crippen LogP contribution in [-0.4, -0.2) is 22.4 Å². The zero-order valence-corrected chi connectivity index (χ0v) is 16.9. The number of nitrogens with one attached hydrogen (secondary N) is 1. The molecule has 176 valence electrons. The summed E-state index contributed by atoms with van der Waals surface area (Å²) in [4.78, 5) is 7.69. The highest BCUT2D eigenvalue weighted by atomic mass is 19.4. The SMILES string of the molecule is Nc1nc(NCc2ccccc2OC(F)(F)F)nc(CC2CCC(N)CC2)c1C(F)(F)F. The number of rotatable bonds is 6. The van der Waals surface area contributed by atoms with Crippen LogP contribution in [-0.2, 0) is 19.1 Å². The minimum Gasteiger partial charge on any atom is -0.405 e.